The Hall–Kier alpha value is -2.59. The molecule has 1 rings (SSSR count). The van der Waals surface area contributed by atoms with Crippen LogP contribution >= 0.6 is 0 Å². The summed E-state index contributed by atoms with van der Waals surface area (Å²) in [4.78, 5) is 24.7. The smallest absolute Gasteiger partial charge is 0.478 e. The molecule has 11 heteroatoms. The lowest BCUT2D eigenvalue weighted by Gasteiger charge is -2.14. The van der Waals surface area contributed by atoms with Crippen LogP contribution < -0.4 is 9.47 Å². The van der Waals surface area contributed by atoms with Crippen molar-refractivity contribution in [1.82, 2.24) is 4.98 Å². The zero-order valence-electron chi connectivity index (χ0n) is 10.8. The van der Waals surface area contributed by atoms with E-state index in [1.165, 1.54) is 6.92 Å². The van der Waals surface area contributed by atoms with E-state index in [0.29, 0.717) is 6.20 Å². The van der Waals surface area contributed by atoms with Gasteiger partial charge in [-0.25, -0.2) is 9.78 Å². The largest absolute Gasteiger partial charge is 0.573 e. The number of rotatable bonds is 5. The fourth-order valence-corrected chi connectivity index (χ4v) is 1.36. The van der Waals surface area contributed by atoms with Crippen molar-refractivity contribution in [2.24, 2.45) is 0 Å². The molecule has 1 heterocycles. The summed E-state index contributed by atoms with van der Waals surface area (Å²) in [6.45, 7) is 1.18. The van der Waals surface area contributed by atoms with Crippen molar-refractivity contribution < 1.29 is 37.1 Å². The summed E-state index contributed by atoms with van der Waals surface area (Å²) in [5.41, 5.74) is -2.01. The number of hydrogen-bond acceptors (Lipinski definition) is 7. The lowest BCUT2D eigenvalue weighted by Crippen LogP contribution is -2.21. The quantitative estimate of drug-likeness (QED) is 0.466. The normalized spacial score (nSPS) is 10.9. The average molecular weight is 310 g/mol. The molecule has 0 aliphatic carbocycles. The second-order valence-corrected chi connectivity index (χ2v) is 3.38. The van der Waals surface area contributed by atoms with Crippen LogP contribution in [0, 0.1) is 10.1 Å². The van der Waals surface area contributed by atoms with Crippen LogP contribution in [-0.2, 0) is 4.74 Å². The van der Waals surface area contributed by atoms with Crippen molar-refractivity contribution in [2.75, 3.05) is 13.7 Å². The summed E-state index contributed by atoms with van der Waals surface area (Å²) >= 11 is 0. The molecule has 0 unspecified atom stereocenters. The minimum atomic E-state index is -5.20. The van der Waals surface area contributed by atoms with E-state index in [9.17, 15) is 28.1 Å². The monoisotopic (exact) mass is 310 g/mol. The first-order valence-corrected chi connectivity index (χ1v) is 5.35. The molecule has 0 saturated heterocycles. The van der Waals surface area contributed by atoms with Gasteiger partial charge in [0.15, 0.2) is 5.56 Å². The van der Waals surface area contributed by atoms with Crippen LogP contribution in [-0.4, -0.2) is 36.0 Å². The Morgan fingerprint density at radius 3 is 2.52 bits per heavy atom. The molecule has 0 bridgehead atoms. The van der Waals surface area contributed by atoms with Crippen LogP contribution in [0.25, 0.3) is 0 Å². The Bertz CT molecular complexity index is 560. The molecule has 116 valence electrons. The molecule has 0 aliphatic heterocycles. The van der Waals surface area contributed by atoms with Crippen molar-refractivity contribution >= 4 is 11.7 Å². The van der Waals surface area contributed by atoms with Gasteiger partial charge in [-0.1, -0.05) is 0 Å². The summed E-state index contributed by atoms with van der Waals surface area (Å²) < 4.78 is 49.8. The van der Waals surface area contributed by atoms with Crippen molar-refractivity contribution in [2.45, 2.75) is 13.3 Å². The van der Waals surface area contributed by atoms with Gasteiger partial charge in [0.1, 0.15) is 6.20 Å². The van der Waals surface area contributed by atoms with Gasteiger partial charge in [-0.2, -0.15) is 0 Å². The van der Waals surface area contributed by atoms with Gasteiger partial charge >= 0.3 is 18.0 Å². The number of alkyl halides is 3. The standard InChI is InChI=1S/C10H9F3N2O6/c1-3-20-9(16)6-5(15(17)18)4-14-8(19-2)7(6)21-10(11,12)13/h4H,3H2,1-2H3. The number of ether oxygens (including phenoxy) is 3. The third-order valence-corrected chi connectivity index (χ3v) is 2.07. The van der Waals surface area contributed by atoms with Crippen molar-refractivity contribution in [1.29, 1.82) is 0 Å². The summed E-state index contributed by atoms with van der Waals surface area (Å²) in [5.74, 6) is -3.32. The Morgan fingerprint density at radius 2 is 2.10 bits per heavy atom. The summed E-state index contributed by atoms with van der Waals surface area (Å²) in [6, 6.07) is 0. The van der Waals surface area contributed by atoms with E-state index in [4.69, 9.17) is 0 Å². The third-order valence-electron chi connectivity index (χ3n) is 2.07. The molecule has 21 heavy (non-hydrogen) atoms. The molecule has 8 nitrogen and oxygen atoms in total. The van der Waals surface area contributed by atoms with Gasteiger partial charge in [0.2, 0.25) is 5.75 Å². The maximum Gasteiger partial charge on any atom is 0.573 e. The van der Waals surface area contributed by atoms with Gasteiger partial charge in [0, 0.05) is 0 Å². The highest BCUT2D eigenvalue weighted by Gasteiger charge is 2.39. The second-order valence-electron chi connectivity index (χ2n) is 3.38. The van der Waals surface area contributed by atoms with E-state index < -0.39 is 40.1 Å². The number of methoxy groups -OCH3 is 1. The van der Waals surface area contributed by atoms with Crippen LogP contribution in [0.4, 0.5) is 18.9 Å². The maximum atomic E-state index is 12.4. The minimum Gasteiger partial charge on any atom is -0.478 e. The van der Waals surface area contributed by atoms with E-state index in [2.05, 4.69) is 19.2 Å². The zero-order valence-corrected chi connectivity index (χ0v) is 10.8. The number of aromatic nitrogens is 1. The number of carbonyl (C=O) groups excluding carboxylic acids is 1. The Kier molecular flexibility index (Phi) is 4.89. The molecule has 0 atom stereocenters. The highest BCUT2D eigenvalue weighted by Crippen LogP contribution is 2.38. The van der Waals surface area contributed by atoms with Crippen LogP contribution in [0.1, 0.15) is 17.3 Å². The molecule has 0 spiro atoms. The first-order valence-electron chi connectivity index (χ1n) is 5.35. The number of halogens is 3. The van der Waals surface area contributed by atoms with E-state index in [0.717, 1.165) is 7.11 Å². The fourth-order valence-electron chi connectivity index (χ4n) is 1.36. The third kappa shape index (κ3) is 3.94. The Balaban J connectivity index is 3.56. The average Bonchev–Trinajstić information content (AvgIpc) is 2.36. The summed E-state index contributed by atoms with van der Waals surface area (Å²) in [6.07, 6.45) is -4.63. The van der Waals surface area contributed by atoms with Gasteiger partial charge in [0.05, 0.1) is 18.6 Å². The maximum absolute atomic E-state index is 12.4. The van der Waals surface area contributed by atoms with Gasteiger partial charge < -0.3 is 14.2 Å². The number of nitro groups is 1. The molecule has 0 aromatic carbocycles. The predicted octanol–water partition coefficient (Wildman–Crippen LogP) is 2.07. The lowest BCUT2D eigenvalue weighted by molar-refractivity contribution is -0.385. The zero-order chi connectivity index (χ0) is 16.2. The molecule has 0 amide bonds. The first-order chi connectivity index (χ1) is 9.71. The van der Waals surface area contributed by atoms with Crippen molar-refractivity contribution in [3.05, 3.63) is 21.9 Å². The molecule has 0 N–H and O–H groups in total. The molecular weight excluding hydrogens is 301 g/mol. The molecule has 1 aromatic rings. The molecule has 1 aromatic heterocycles. The van der Waals surface area contributed by atoms with Gasteiger partial charge in [0.25, 0.3) is 5.88 Å². The number of carbonyl (C=O) groups is 1. The van der Waals surface area contributed by atoms with Gasteiger partial charge in [-0.3, -0.25) is 10.1 Å². The van der Waals surface area contributed by atoms with Gasteiger partial charge in [-0.05, 0) is 6.92 Å². The van der Waals surface area contributed by atoms with Crippen LogP contribution in [0.3, 0.4) is 0 Å². The second kappa shape index (κ2) is 6.24. The minimum absolute atomic E-state index is 0.202. The number of nitrogens with zero attached hydrogens (tertiary/aromatic N) is 2. The van der Waals surface area contributed by atoms with E-state index in [1.807, 2.05) is 0 Å². The highest BCUT2D eigenvalue weighted by atomic mass is 19.4. The summed E-state index contributed by atoms with van der Waals surface area (Å²) in [7, 11) is 0.965. The van der Waals surface area contributed by atoms with Crippen molar-refractivity contribution in [3.8, 4) is 11.6 Å². The molecule has 0 aliphatic rings. The van der Waals surface area contributed by atoms with Crippen LogP contribution in [0.5, 0.6) is 11.6 Å². The SMILES string of the molecule is CCOC(=O)c1c([N+](=O)[O-])cnc(OC)c1OC(F)(F)F. The number of pyridine rings is 1. The van der Waals surface area contributed by atoms with Gasteiger partial charge in [-0.15, -0.1) is 13.2 Å². The Labute approximate surface area is 115 Å². The van der Waals surface area contributed by atoms with E-state index in [1.54, 1.807) is 0 Å². The van der Waals surface area contributed by atoms with E-state index in [-0.39, 0.29) is 6.61 Å². The molecule has 0 radical (unpaired) electrons. The topological polar surface area (TPSA) is 101 Å². The first kappa shape index (κ1) is 16.5. The van der Waals surface area contributed by atoms with Crippen LogP contribution in [0.15, 0.2) is 6.20 Å². The van der Waals surface area contributed by atoms with E-state index >= 15 is 0 Å². The molecular formula is C10H9F3N2O6. The Morgan fingerprint density at radius 1 is 1.48 bits per heavy atom. The fraction of sp³-hybridized carbons (Fsp3) is 0.400. The predicted molar refractivity (Wildman–Crippen MR) is 60.1 cm³/mol. The van der Waals surface area contributed by atoms with Crippen molar-refractivity contribution in [3.63, 3.8) is 0 Å². The molecule has 0 fully saturated rings. The van der Waals surface area contributed by atoms with Crippen LogP contribution in [0.2, 0.25) is 0 Å². The number of hydrogen-bond donors (Lipinski definition) is 0. The molecule has 0 saturated carbocycles. The number of esters is 1. The summed E-state index contributed by atoms with van der Waals surface area (Å²) in [5, 5.41) is 10.8. The lowest BCUT2D eigenvalue weighted by atomic mass is 10.2. The highest BCUT2D eigenvalue weighted by molar-refractivity contribution is 5.97.